The first-order valence-corrected chi connectivity index (χ1v) is 7.42. The molecule has 0 aromatic carbocycles. The highest BCUT2D eigenvalue weighted by Gasteiger charge is 2.17. The van der Waals surface area contributed by atoms with Gasteiger partial charge < -0.3 is 20.9 Å². The van der Waals surface area contributed by atoms with E-state index < -0.39 is 18.1 Å². The van der Waals surface area contributed by atoms with Gasteiger partial charge in [-0.15, -0.1) is 0 Å². The molecule has 0 aliphatic rings. The molecule has 6 nitrogen and oxygen atoms in total. The Labute approximate surface area is 104 Å². The zero-order valence-corrected chi connectivity index (χ0v) is 11.1. The summed E-state index contributed by atoms with van der Waals surface area (Å²) in [5, 5.41) is 11.2. The average Bonchev–Trinajstić information content (AvgIpc) is 2.26. The standard InChI is InChI=1S/C10H20N2O4S/c1-3-16-10(15)12-5-7-17(2)6-4-8(11)9(13)14/h8H,3-7,11H2,1-2H3,(H-,12,13,14,15)/p+1. The van der Waals surface area contributed by atoms with Crippen LogP contribution in [0.4, 0.5) is 4.79 Å². The smallest absolute Gasteiger partial charge is 0.407 e. The molecule has 2 atom stereocenters. The first-order valence-electron chi connectivity index (χ1n) is 5.45. The number of carbonyl (C=O) groups is 2. The number of ether oxygens (including phenoxy) is 1. The highest BCUT2D eigenvalue weighted by molar-refractivity contribution is 7.96. The summed E-state index contributed by atoms with van der Waals surface area (Å²) in [7, 11) is 0.0589. The molecule has 0 aliphatic heterocycles. The molecule has 0 fully saturated rings. The van der Waals surface area contributed by atoms with Crippen molar-refractivity contribution in [1.82, 2.24) is 5.32 Å². The summed E-state index contributed by atoms with van der Waals surface area (Å²) in [6.45, 7) is 2.65. The van der Waals surface area contributed by atoms with Crippen LogP contribution in [0.3, 0.4) is 0 Å². The number of hydrogen-bond acceptors (Lipinski definition) is 4. The summed E-state index contributed by atoms with van der Waals surface area (Å²) >= 11 is 0. The van der Waals surface area contributed by atoms with E-state index in [9.17, 15) is 9.59 Å². The van der Waals surface area contributed by atoms with Crippen molar-refractivity contribution in [3.63, 3.8) is 0 Å². The monoisotopic (exact) mass is 265 g/mol. The van der Waals surface area contributed by atoms with Crippen molar-refractivity contribution < 1.29 is 19.4 Å². The molecule has 4 N–H and O–H groups in total. The van der Waals surface area contributed by atoms with Gasteiger partial charge in [-0.05, 0) is 17.8 Å². The minimum absolute atomic E-state index is 0.0589. The highest BCUT2D eigenvalue weighted by Crippen LogP contribution is 1.97. The predicted octanol–water partition coefficient (Wildman–Crippen LogP) is -0.217. The van der Waals surface area contributed by atoms with Crippen molar-refractivity contribution in [2.45, 2.75) is 19.4 Å². The number of nitrogens with two attached hydrogens (primary N) is 1. The van der Waals surface area contributed by atoms with Crippen molar-refractivity contribution in [2.75, 3.05) is 30.9 Å². The maximum atomic E-state index is 11.0. The van der Waals surface area contributed by atoms with E-state index in [2.05, 4.69) is 5.32 Å². The van der Waals surface area contributed by atoms with Crippen molar-refractivity contribution in [3.05, 3.63) is 0 Å². The number of hydrogen-bond donors (Lipinski definition) is 3. The molecule has 2 unspecified atom stereocenters. The Morgan fingerprint density at radius 2 is 2.12 bits per heavy atom. The van der Waals surface area contributed by atoms with Crippen LogP contribution in [0.15, 0.2) is 0 Å². The highest BCUT2D eigenvalue weighted by atomic mass is 32.2. The lowest BCUT2D eigenvalue weighted by Crippen LogP contribution is -2.34. The first-order chi connectivity index (χ1) is 7.97. The second kappa shape index (κ2) is 9.12. The zero-order valence-electron chi connectivity index (χ0n) is 10.3. The van der Waals surface area contributed by atoms with Crippen LogP contribution in [-0.4, -0.2) is 54.1 Å². The summed E-state index contributed by atoms with van der Waals surface area (Å²) in [6, 6.07) is -0.789. The maximum absolute atomic E-state index is 11.0. The lowest BCUT2D eigenvalue weighted by Gasteiger charge is -2.07. The van der Waals surface area contributed by atoms with Gasteiger partial charge in [-0.3, -0.25) is 4.79 Å². The van der Waals surface area contributed by atoms with Crippen molar-refractivity contribution in [2.24, 2.45) is 5.73 Å². The fourth-order valence-electron chi connectivity index (χ4n) is 1.06. The Kier molecular flexibility index (Phi) is 8.61. The maximum Gasteiger partial charge on any atom is 0.407 e. The number of nitrogens with one attached hydrogen (secondary N) is 1. The second-order valence-electron chi connectivity index (χ2n) is 3.57. The molecule has 0 aromatic heterocycles. The lowest BCUT2D eigenvalue weighted by atomic mass is 10.2. The second-order valence-corrected chi connectivity index (χ2v) is 5.95. The van der Waals surface area contributed by atoms with Crippen LogP contribution in [0.5, 0.6) is 0 Å². The molecule has 0 radical (unpaired) electrons. The molecular formula is C10H21N2O4S+. The third-order valence-corrected chi connectivity index (χ3v) is 3.92. The van der Waals surface area contributed by atoms with Crippen LogP contribution in [0.2, 0.25) is 0 Å². The fourth-order valence-corrected chi connectivity index (χ4v) is 2.37. The van der Waals surface area contributed by atoms with Gasteiger partial charge in [0.1, 0.15) is 17.5 Å². The molecular weight excluding hydrogens is 244 g/mol. The largest absolute Gasteiger partial charge is 0.480 e. The summed E-state index contributed by atoms with van der Waals surface area (Å²) in [5.74, 6) is 0.606. The van der Waals surface area contributed by atoms with Gasteiger partial charge in [0.25, 0.3) is 0 Å². The van der Waals surface area contributed by atoms with E-state index in [1.807, 2.05) is 6.26 Å². The Morgan fingerprint density at radius 1 is 1.47 bits per heavy atom. The van der Waals surface area contributed by atoms with Crippen molar-refractivity contribution in [1.29, 1.82) is 0 Å². The van der Waals surface area contributed by atoms with E-state index in [-0.39, 0.29) is 10.9 Å². The van der Waals surface area contributed by atoms with E-state index >= 15 is 0 Å². The van der Waals surface area contributed by atoms with E-state index in [1.54, 1.807) is 6.92 Å². The van der Waals surface area contributed by atoms with Crippen LogP contribution in [0, 0.1) is 0 Å². The van der Waals surface area contributed by atoms with Gasteiger partial charge in [-0.2, -0.15) is 0 Å². The molecule has 0 saturated carbocycles. The van der Waals surface area contributed by atoms with Crippen LogP contribution in [0.25, 0.3) is 0 Å². The fraction of sp³-hybridized carbons (Fsp3) is 0.800. The SMILES string of the molecule is CCOC(=O)NCC[S+](C)CCC(N)C(=O)O. The number of alkyl carbamates (subject to hydrolysis) is 1. The molecule has 17 heavy (non-hydrogen) atoms. The Bertz CT molecular complexity index is 250. The molecule has 100 valence electrons. The lowest BCUT2D eigenvalue weighted by molar-refractivity contribution is -0.138. The van der Waals surface area contributed by atoms with Gasteiger partial charge >= 0.3 is 12.1 Å². The Morgan fingerprint density at radius 3 is 2.65 bits per heavy atom. The molecule has 0 heterocycles. The summed E-state index contributed by atoms with van der Waals surface area (Å²) in [6.07, 6.45) is 2.09. The molecule has 0 saturated heterocycles. The summed E-state index contributed by atoms with van der Waals surface area (Å²) in [4.78, 5) is 21.4. The Hall–Kier alpha value is -0.950. The number of carboxylic acid groups (broad SMARTS) is 1. The van der Waals surface area contributed by atoms with Gasteiger partial charge in [0.15, 0.2) is 0 Å². The van der Waals surface area contributed by atoms with E-state index in [0.29, 0.717) is 19.6 Å². The van der Waals surface area contributed by atoms with E-state index in [4.69, 9.17) is 15.6 Å². The number of amides is 1. The van der Waals surface area contributed by atoms with Crippen molar-refractivity contribution in [3.8, 4) is 0 Å². The molecule has 0 aromatic rings. The summed E-state index contributed by atoms with van der Waals surface area (Å²) in [5.41, 5.74) is 5.40. The molecule has 0 spiro atoms. The third kappa shape index (κ3) is 8.82. The quantitative estimate of drug-likeness (QED) is 0.527. The number of carbonyl (C=O) groups excluding carboxylic acids is 1. The number of aliphatic carboxylic acids is 1. The van der Waals surface area contributed by atoms with Crippen LogP contribution >= 0.6 is 0 Å². The molecule has 7 heteroatoms. The summed E-state index contributed by atoms with van der Waals surface area (Å²) < 4.78 is 4.71. The Balaban J connectivity index is 3.56. The minimum Gasteiger partial charge on any atom is -0.480 e. The zero-order chi connectivity index (χ0) is 13.3. The molecule has 0 rings (SSSR count). The average molecular weight is 265 g/mol. The third-order valence-electron chi connectivity index (χ3n) is 2.09. The number of carboxylic acids is 1. The topological polar surface area (TPSA) is 102 Å². The number of rotatable bonds is 8. The molecule has 0 bridgehead atoms. The van der Waals surface area contributed by atoms with Gasteiger partial charge in [-0.1, -0.05) is 0 Å². The first kappa shape index (κ1) is 16.1. The van der Waals surface area contributed by atoms with Gasteiger partial charge in [0.2, 0.25) is 0 Å². The van der Waals surface area contributed by atoms with Gasteiger partial charge in [0, 0.05) is 6.42 Å². The van der Waals surface area contributed by atoms with Crippen LogP contribution in [-0.2, 0) is 20.4 Å². The van der Waals surface area contributed by atoms with Gasteiger partial charge in [-0.25, -0.2) is 4.79 Å². The predicted molar refractivity (Wildman–Crippen MR) is 68.3 cm³/mol. The normalized spacial score (nSPS) is 13.8. The van der Waals surface area contributed by atoms with E-state index in [1.165, 1.54) is 0 Å². The van der Waals surface area contributed by atoms with Crippen LogP contribution in [0.1, 0.15) is 13.3 Å². The minimum atomic E-state index is -0.966. The van der Waals surface area contributed by atoms with Crippen molar-refractivity contribution >= 4 is 23.0 Å². The molecule has 1 amide bonds. The van der Waals surface area contributed by atoms with Crippen LogP contribution < -0.4 is 11.1 Å². The van der Waals surface area contributed by atoms with E-state index in [0.717, 1.165) is 11.5 Å². The molecule has 0 aliphatic carbocycles. The van der Waals surface area contributed by atoms with Gasteiger partial charge in [0.05, 0.1) is 19.4 Å².